The Morgan fingerprint density at radius 1 is 0.824 bits per heavy atom. The first-order chi connectivity index (χ1) is 16.1. The van der Waals surface area contributed by atoms with Gasteiger partial charge in [0.25, 0.3) is 10.1 Å². The molecule has 0 amide bonds. The number of benzene rings is 3. The minimum atomic E-state index is -4.07. The standard InChI is InChI=1S/C24H27N5O4S/c1-16-13-21(17(2)12-20(16)25)28-29-23-14-18(3)22(27-26-19-8-5-4-6-9-19)15-24(23)33-10-7-11-34(30,31)32/h4-6,8-9,12-15H,7,10-11,25H2,1-3H3,(H,30,31,32). The molecule has 0 aliphatic carbocycles. The van der Waals surface area contributed by atoms with Crippen molar-refractivity contribution >= 4 is 38.6 Å². The molecule has 3 aromatic carbocycles. The van der Waals surface area contributed by atoms with Crippen LogP contribution >= 0.6 is 0 Å². The van der Waals surface area contributed by atoms with Gasteiger partial charge in [0.15, 0.2) is 0 Å². The molecule has 0 bridgehead atoms. The molecule has 0 saturated heterocycles. The minimum absolute atomic E-state index is 0.0562. The molecule has 10 heteroatoms. The maximum atomic E-state index is 11.0. The summed E-state index contributed by atoms with van der Waals surface area (Å²) in [4.78, 5) is 0. The van der Waals surface area contributed by atoms with Crippen molar-refractivity contribution in [3.05, 3.63) is 71.3 Å². The fourth-order valence-corrected chi connectivity index (χ4v) is 3.51. The van der Waals surface area contributed by atoms with Crippen LogP contribution in [0.15, 0.2) is 75.1 Å². The first-order valence-electron chi connectivity index (χ1n) is 10.6. The first-order valence-corrected chi connectivity index (χ1v) is 12.2. The summed E-state index contributed by atoms with van der Waals surface area (Å²) in [6.45, 7) is 5.73. The molecular weight excluding hydrogens is 454 g/mol. The van der Waals surface area contributed by atoms with Crippen molar-refractivity contribution in [3.63, 3.8) is 0 Å². The smallest absolute Gasteiger partial charge is 0.264 e. The molecule has 0 saturated carbocycles. The predicted molar refractivity (Wildman–Crippen MR) is 133 cm³/mol. The molecule has 0 fully saturated rings. The Kier molecular flexibility index (Phi) is 8.08. The van der Waals surface area contributed by atoms with Gasteiger partial charge in [0, 0.05) is 11.8 Å². The molecule has 34 heavy (non-hydrogen) atoms. The van der Waals surface area contributed by atoms with Gasteiger partial charge in [0.05, 0.1) is 29.4 Å². The van der Waals surface area contributed by atoms with E-state index >= 15 is 0 Å². The van der Waals surface area contributed by atoms with Crippen LogP contribution in [0.4, 0.5) is 28.4 Å². The van der Waals surface area contributed by atoms with E-state index in [0.29, 0.717) is 34.2 Å². The highest BCUT2D eigenvalue weighted by Crippen LogP contribution is 2.37. The second-order valence-electron chi connectivity index (χ2n) is 7.83. The van der Waals surface area contributed by atoms with Crippen LogP contribution in [0.2, 0.25) is 0 Å². The van der Waals surface area contributed by atoms with Crippen molar-refractivity contribution in [2.75, 3.05) is 18.1 Å². The topological polar surface area (TPSA) is 139 Å². The average Bonchev–Trinajstić information content (AvgIpc) is 2.78. The number of nitrogens with zero attached hydrogens (tertiary/aromatic N) is 4. The van der Waals surface area contributed by atoms with E-state index in [9.17, 15) is 8.42 Å². The number of anilines is 1. The zero-order valence-corrected chi connectivity index (χ0v) is 20.1. The average molecular weight is 482 g/mol. The fraction of sp³-hybridized carbons (Fsp3) is 0.250. The molecule has 0 aromatic heterocycles. The van der Waals surface area contributed by atoms with Crippen LogP contribution in [0.3, 0.4) is 0 Å². The molecule has 0 spiro atoms. The normalized spacial score (nSPS) is 12.0. The van der Waals surface area contributed by atoms with Crippen LogP contribution in [0, 0.1) is 20.8 Å². The lowest BCUT2D eigenvalue weighted by molar-refractivity contribution is 0.317. The minimum Gasteiger partial charge on any atom is -0.491 e. The maximum absolute atomic E-state index is 11.0. The lowest BCUT2D eigenvalue weighted by atomic mass is 10.1. The van der Waals surface area contributed by atoms with Crippen molar-refractivity contribution in [3.8, 4) is 5.75 Å². The highest BCUT2D eigenvalue weighted by atomic mass is 32.2. The van der Waals surface area contributed by atoms with Crippen LogP contribution in [0.1, 0.15) is 23.1 Å². The Balaban J connectivity index is 1.92. The molecule has 0 atom stereocenters. The molecule has 178 valence electrons. The van der Waals surface area contributed by atoms with Crippen LogP contribution in [-0.2, 0) is 10.1 Å². The molecule has 3 N–H and O–H groups in total. The van der Waals surface area contributed by atoms with E-state index in [0.717, 1.165) is 16.7 Å². The van der Waals surface area contributed by atoms with Crippen molar-refractivity contribution < 1.29 is 17.7 Å². The Hall–Kier alpha value is -3.63. The number of hydrogen-bond donors (Lipinski definition) is 2. The van der Waals surface area contributed by atoms with E-state index in [2.05, 4.69) is 20.5 Å². The van der Waals surface area contributed by atoms with Gasteiger partial charge in [-0.05, 0) is 74.2 Å². The summed E-state index contributed by atoms with van der Waals surface area (Å²) in [5.41, 5.74) is 11.6. The third-order valence-electron chi connectivity index (χ3n) is 4.96. The number of hydrogen-bond acceptors (Lipinski definition) is 8. The number of nitrogen functional groups attached to an aromatic ring is 1. The molecule has 3 rings (SSSR count). The first kappa shape index (κ1) is 25.0. The van der Waals surface area contributed by atoms with Gasteiger partial charge >= 0.3 is 0 Å². The van der Waals surface area contributed by atoms with Crippen LogP contribution in [-0.4, -0.2) is 25.3 Å². The summed E-state index contributed by atoms with van der Waals surface area (Å²) in [6, 6.07) is 16.5. The molecule has 9 nitrogen and oxygen atoms in total. The lowest BCUT2D eigenvalue weighted by Crippen LogP contribution is -2.08. The zero-order valence-electron chi connectivity index (χ0n) is 19.3. The Bertz CT molecular complexity index is 1320. The van der Waals surface area contributed by atoms with Crippen LogP contribution in [0.5, 0.6) is 5.75 Å². The molecule has 3 aromatic rings. The van der Waals surface area contributed by atoms with E-state index in [-0.39, 0.29) is 13.0 Å². The van der Waals surface area contributed by atoms with Gasteiger partial charge in [0.2, 0.25) is 0 Å². The second-order valence-corrected chi connectivity index (χ2v) is 9.40. The van der Waals surface area contributed by atoms with Crippen LogP contribution < -0.4 is 10.5 Å². The summed E-state index contributed by atoms with van der Waals surface area (Å²) in [5, 5.41) is 17.3. The molecule has 0 radical (unpaired) electrons. The Labute approximate surface area is 199 Å². The highest BCUT2D eigenvalue weighted by Gasteiger charge is 2.11. The number of rotatable bonds is 9. The summed E-state index contributed by atoms with van der Waals surface area (Å²) < 4.78 is 36.7. The van der Waals surface area contributed by atoms with Crippen molar-refractivity contribution in [2.45, 2.75) is 27.2 Å². The molecule has 0 heterocycles. The van der Waals surface area contributed by atoms with E-state index in [1.54, 1.807) is 12.1 Å². The van der Waals surface area contributed by atoms with Gasteiger partial charge in [-0.15, -0.1) is 5.11 Å². The van der Waals surface area contributed by atoms with E-state index in [1.165, 1.54) is 0 Å². The fourth-order valence-electron chi connectivity index (χ4n) is 3.03. The third-order valence-corrected chi connectivity index (χ3v) is 5.77. The summed E-state index contributed by atoms with van der Waals surface area (Å²) in [5.74, 6) is -0.0308. The predicted octanol–water partition coefficient (Wildman–Crippen LogP) is 6.68. The van der Waals surface area contributed by atoms with Crippen LogP contribution in [0.25, 0.3) is 0 Å². The SMILES string of the molecule is Cc1cc(N=Nc2cc(C)c(N=Nc3ccccc3)cc2OCCCS(=O)(=O)O)c(C)cc1N. The monoisotopic (exact) mass is 481 g/mol. The number of aryl methyl sites for hydroxylation is 3. The van der Waals surface area contributed by atoms with E-state index in [4.69, 9.17) is 15.0 Å². The molecule has 0 unspecified atom stereocenters. The summed E-state index contributed by atoms with van der Waals surface area (Å²) in [7, 11) is -4.07. The third kappa shape index (κ3) is 7.19. The van der Waals surface area contributed by atoms with Gasteiger partial charge in [-0.2, -0.15) is 23.8 Å². The summed E-state index contributed by atoms with van der Waals surface area (Å²) >= 11 is 0. The number of azo groups is 2. The van der Waals surface area contributed by atoms with Crippen molar-refractivity contribution in [2.24, 2.45) is 20.5 Å². The van der Waals surface area contributed by atoms with Crippen molar-refractivity contribution in [1.82, 2.24) is 0 Å². The second kappa shape index (κ2) is 11.0. The van der Waals surface area contributed by atoms with Gasteiger partial charge < -0.3 is 10.5 Å². The zero-order chi connectivity index (χ0) is 24.7. The molecular formula is C24H27N5O4S. The number of nitrogens with two attached hydrogens (primary N) is 1. The molecule has 0 aliphatic rings. The van der Waals surface area contributed by atoms with Gasteiger partial charge in [-0.3, -0.25) is 4.55 Å². The van der Waals surface area contributed by atoms with Crippen molar-refractivity contribution in [1.29, 1.82) is 0 Å². The highest BCUT2D eigenvalue weighted by molar-refractivity contribution is 7.85. The quantitative estimate of drug-likeness (QED) is 0.152. The maximum Gasteiger partial charge on any atom is 0.264 e. The van der Waals surface area contributed by atoms with Gasteiger partial charge in [-0.25, -0.2) is 0 Å². The number of ether oxygens (including phenoxy) is 1. The van der Waals surface area contributed by atoms with E-state index in [1.807, 2.05) is 63.2 Å². The van der Waals surface area contributed by atoms with Gasteiger partial charge in [-0.1, -0.05) is 18.2 Å². The summed E-state index contributed by atoms with van der Waals surface area (Å²) in [6.07, 6.45) is 0.112. The van der Waals surface area contributed by atoms with Gasteiger partial charge in [0.1, 0.15) is 11.4 Å². The van der Waals surface area contributed by atoms with E-state index < -0.39 is 15.9 Å². The Morgan fingerprint density at radius 3 is 2.12 bits per heavy atom. The molecule has 0 aliphatic heterocycles. The Morgan fingerprint density at radius 2 is 1.41 bits per heavy atom. The largest absolute Gasteiger partial charge is 0.491 e. The lowest BCUT2D eigenvalue weighted by Gasteiger charge is -2.11.